The fourth-order valence-electron chi connectivity index (χ4n) is 3.30. The molecule has 25 heavy (non-hydrogen) atoms. The van der Waals surface area contributed by atoms with Crippen LogP contribution < -0.4 is 15.4 Å². The van der Waals surface area contributed by atoms with Gasteiger partial charge in [-0.15, -0.1) is 11.3 Å². The third kappa shape index (κ3) is 3.32. The maximum absolute atomic E-state index is 5.27. The van der Waals surface area contributed by atoms with Crippen molar-refractivity contribution in [3.8, 4) is 16.9 Å². The number of nitrogens with one attached hydrogen (secondary N) is 2. The minimum atomic E-state index is 0.461. The molecule has 6 heteroatoms. The van der Waals surface area contributed by atoms with E-state index in [0.29, 0.717) is 6.04 Å². The number of piperidine rings is 1. The Morgan fingerprint density at radius 1 is 1.16 bits per heavy atom. The molecule has 2 N–H and O–H groups in total. The minimum absolute atomic E-state index is 0.461. The van der Waals surface area contributed by atoms with E-state index in [1.165, 1.54) is 5.56 Å². The number of ether oxygens (including phenoxy) is 1. The van der Waals surface area contributed by atoms with E-state index in [4.69, 9.17) is 9.72 Å². The Kier molecular flexibility index (Phi) is 4.55. The van der Waals surface area contributed by atoms with Gasteiger partial charge >= 0.3 is 0 Å². The number of hydrogen-bond donors (Lipinski definition) is 2. The molecule has 3 heterocycles. The monoisotopic (exact) mass is 354 g/mol. The maximum atomic E-state index is 5.27. The van der Waals surface area contributed by atoms with Crippen LogP contribution in [0.5, 0.6) is 5.75 Å². The van der Waals surface area contributed by atoms with Gasteiger partial charge in [-0.3, -0.25) is 0 Å². The molecule has 0 spiro atoms. The highest BCUT2D eigenvalue weighted by molar-refractivity contribution is 7.17. The summed E-state index contributed by atoms with van der Waals surface area (Å²) in [5.74, 6) is 2.64. The molecule has 1 aliphatic heterocycles. The van der Waals surface area contributed by atoms with Crippen molar-refractivity contribution in [2.24, 2.45) is 0 Å². The average molecular weight is 354 g/mol. The topological polar surface area (TPSA) is 59.1 Å². The van der Waals surface area contributed by atoms with Crippen LogP contribution in [-0.2, 0) is 0 Å². The number of thiophene rings is 1. The number of anilines is 1. The second-order valence-corrected chi connectivity index (χ2v) is 7.20. The van der Waals surface area contributed by atoms with E-state index in [2.05, 4.69) is 33.1 Å². The molecule has 130 valence electrons. The molecule has 1 aliphatic rings. The quantitative estimate of drug-likeness (QED) is 0.745. The molecule has 0 aliphatic carbocycles. The van der Waals surface area contributed by atoms with E-state index < -0.39 is 0 Å². The first kappa shape index (κ1) is 16.3. The summed E-state index contributed by atoms with van der Waals surface area (Å²) in [7, 11) is 1.69. The van der Waals surface area contributed by atoms with Crippen LogP contribution in [0.3, 0.4) is 0 Å². The van der Waals surface area contributed by atoms with Crippen LogP contribution in [-0.4, -0.2) is 36.2 Å². The van der Waals surface area contributed by atoms with Crippen LogP contribution in [0.2, 0.25) is 0 Å². The van der Waals surface area contributed by atoms with E-state index in [-0.39, 0.29) is 0 Å². The number of rotatable bonds is 4. The van der Waals surface area contributed by atoms with E-state index in [0.717, 1.165) is 59.1 Å². The Bertz CT molecular complexity index is 869. The number of aromatic nitrogens is 2. The third-order valence-corrected chi connectivity index (χ3v) is 5.50. The molecule has 1 fully saturated rings. The zero-order valence-corrected chi connectivity index (χ0v) is 15.3. The van der Waals surface area contributed by atoms with Crippen LogP contribution >= 0.6 is 11.3 Å². The molecule has 0 saturated carbocycles. The lowest BCUT2D eigenvalue weighted by molar-refractivity contribution is 0.415. The van der Waals surface area contributed by atoms with E-state index >= 15 is 0 Å². The average Bonchev–Trinajstić information content (AvgIpc) is 3.06. The van der Waals surface area contributed by atoms with Crippen LogP contribution in [0.1, 0.15) is 18.7 Å². The Balaban J connectivity index is 1.76. The molecule has 1 aromatic carbocycles. The summed E-state index contributed by atoms with van der Waals surface area (Å²) in [6.45, 7) is 4.07. The number of fused-ring (bicyclic) bond motifs is 1. The van der Waals surface area contributed by atoms with Gasteiger partial charge in [0.25, 0.3) is 0 Å². The normalized spacial score (nSPS) is 15.4. The first-order valence-corrected chi connectivity index (χ1v) is 9.50. The SMILES string of the molecule is COc1ccc(-c2csc3nc(C)nc(NC4CCNCC4)c23)cc1. The van der Waals surface area contributed by atoms with Crippen molar-refractivity contribution < 1.29 is 4.74 Å². The van der Waals surface area contributed by atoms with Crippen molar-refractivity contribution >= 4 is 27.4 Å². The molecule has 1 saturated heterocycles. The predicted molar refractivity (Wildman–Crippen MR) is 104 cm³/mol. The molecule has 4 rings (SSSR count). The highest BCUT2D eigenvalue weighted by Crippen LogP contribution is 2.37. The molecule has 0 bridgehead atoms. The Morgan fingerprint density at radius 3 is 2.64 bits per heavy atom. The standard InChI is InChI=1S/C19H22N4OS/c1-12-21-18(23-14-7-9-20-10-8-14)17-16(11-25-19(17)22-12)13-3-5-15(24-2)6-4-13/h3-6,11,14,20H,7-10H2,1-2H3,(H,21,22,23). The second-order valence-electron chi connectivity index (χ2n) is 6.35. The van der Waals surface area contributed by atoms with E-state index in [1.54, 1.807) is 18.4 Å². The van der Waals surface area contributed by atoms with Gasteiger partial charge in [-0.05, 0) is 50.6 Å². The van der Waals surface area contributed by atoms with Gasteiger partial charge < -0.3 is 15.4 Å². The van der Waals surface area contributed by atoms with Gasteiger partial charge in [-0.2, -0.15) is 0 Å². The predicted octanol–water partition coefficient (Wildman–Crippen LogP) is 3.84. The fraction of sp³-hybridized carbons (Fsp3) is 0.368. The van der Waals surface area contributed by atoms with Gasteiger partial charge in [0.05, 0.1) is 12.5 Å². The first-order chi connectivity index (χ1) is 12.2. The smallest absolute Gasteiger partial charge is 0.139 e. The number of benzene rings is 1. The zero-order valence-electron chi connectivity index (χ0n) is 14.5. The van der Waals surface area contributed by atoms with Gasteiger partial charge in [0, 0.05) is 17.0 Å². The van der Waals surface area contributed by atoms with Gasteiger partial charge in [-0.1, -0.05) is 12.1 Å². The zero-order chi connectivity index (χ0) is 17.2. The molecule has 0 amide bonds. The van der Waals surface area contributed by atoms with Gasteiger partial charge in [0.2, 0.25) is 0 Å². The largest absolute Gasteiger partial charge is 0.497 e. The van der Waals surface area contributed by atoms with Crippen molar-refractivity contribution in [1.82, 2.24) is 15.3 Å². The summed E-state index contributed by atoms with van der Waals surface area (Å²) in [4.78, 5) is 10.4. The first-order valence-electron chi connectivity index (χ1n) is 8.62. The summed E-state index contributed by atoms with van der Waals surface area (Å²) in [5.41, 5.74) is 2.34. The summed E-state index contributed by atoms with van der Waals surface area (Å²) < 4.78 is 5.27. The van der Waals surface area contributed by atoms with E-state index in [9.17, 15) is 0 Å². The molecule has 5 nitrogen and oxygen atoms in total. The molecule has 3 aromatic rings. The lowest BCUT2D eigenvalue weighted by Crippen LogP contribution is -2.35. The van der Waals surface area contributed by atoms with Crippen LogP contribution in [0.15, 0.2) is 29.6 Å². The highest BCUT2D eigenvalue weighted by atomic mass is 32.1. The molecule has 0 radical (unpaired) electrons. The fourth-order valence-corrected chi connectivity index (χ4v) is 4.29. The van der Waals surface area contributed by atoms with E-state index in [1.807, 2.05) is 19.1 Å². The Labute approximate surface area is 151 Å². The maximum Gasteiger partial charge on any atom is 0.139 e. The lowest BCUT2D eigenvalue weighted by Gasteiger charge is -2.24. The van der Waals surface area contributed by atoms with Crippen LogP contribution in [0.4, 0.5) is 5.82 Å². The lowest BCUT2D eigenvalue weighted by atomic mass is 10.0. The van der Waals surface area contributed by atoms with Gasteiger partial charge in [0.15, 0.2) is 0 Å². The van der Waals surface area contributed by atoms with Crippen molar-refractivity contribution in [1.29, 1.82) is 0 Å². The summed E-state index contributed by atoms with van der Waals surface area (Å²) in [5, 5.41) is 10.4. The molecular weight excluding hydrogens is 332 g/mol. The number of nitrogens with zero attached hydrogens (tertiary/aromatic N) is 2. The van der Waals surface area contributed by atoms with Crippen molar-refractivity contribution in [3.63, 3.8) is 0 Å². The molecule has 0 unspecified atom stereocenters. The molecule has 0 atom stereocenters. The summed E-state index contributed by atoms with van der Waals surface area (Å²) >= 11 is 1.67. The van der Waals surface area contributed by atoms with Crippen molar-refractivity contribution in [2.45, 2.75) is 25.8 Å². The second kappa shape index (κ2) is 6.98. The Morgan fingerprint density at radius 2 is 1.92 bits per heavy atom. The van der Waals surface area contributed by atoms with Crippen molar-refractivity contribution in [3.05, 3.63) is 35.5 Å². The number of aryl methyl sites for hydroxylation is 1. The molecule has 2 aromatic heterocycles. The van der Waals surface area contributed by atoms with Gasteiger partial charge in [0.1, 0.15) is 22.2 Å². The van der Waals surface area contributed by atoms with Crippen LogP contribution in [0.25, 0.3) is 21.3 Å². The number of methoxy groups -OCH3 is 1. The summed E-state index contributed by atoms with van der Waals surface area (Å²) in [6.07, 6.45) is 2.24. The highest BCUT2D eigenvalue weighted by Gasteiger charge is 2.18. The van der Waals surface area contributed by atoms with Crippen molar-refractivity contribution in [2.75, 3.05) is 25.5 Å². The number of hydrogen-bond acceptors (Lipinski definition) is 6. The molecular formula is C19H22N4OS. The van der Waals surface area contributed by atoms with Gasteiger partial charge in [-0.25, -0.2) is 9.97 Å². The Hall–Kier alpha value is -2.18. The van der Waals surface area contributed by atoms with Crippen LogP contribution in [0, 0.1) is 6.92 Å². The third-order valence-electron chi connectivity index (χ3n) is 4.63. The minimum Gasteiger partial charge on any atom is -0.497 e. The summed E-state index contributed by atoms with van der Waals surface area (Å²) in [6, 6.07) is 8.63.